The van der Waals surface area contributed by atoms with Crippen molar-refractivity contribution in [1.82, 2.24) is 4.98 Å². The maximum Gasteiger partial charge on any atom is 0.184 e. The van der Waals surface area contributed by atoms with Crippen LogP contribution in [0.5, 0.6) is 0 Å². The molecule has 2 bridgehead atoms. The van der Waals surface area contributed by atoms with E-state index in [9.17, 15) is 0 Å². The van der Waals surface area contributed by atoms with E-state index in [1.54, 1.807) is 11.3 Å². The summed E-state index contributed by atoms with van der Waals surface area (Å²) in [6, 6.07) is 0.539. The van der Waals surface area contributed by atoms with Crippen LogP contribution in [0.1, 0.15) is 32.6 Å². The van der Waals surface area contributed by atoms with Crippen molar-refractivity contribution in [3.63, 3.8) is 0 Å². The van der Waals surface area contributed by atoms with Gasteiger partial charge in [-0.1, -0.05) is 18.0 Å². The van der Waals surface area contributed by atoms with Crippen LogP contribution in [-0.4, -0.2) is 11.0 Å². The van der Waals surface area contributed by atoms with Gasteiger partial charge in [-0.05, 0) is 43.9 Å². The van der Waals surface area contributed by atoms with E-state index < -0.39 is 0 Å². The fraction of sp³-hybridized carbons (Fsp3) is 0.750. The predicted molar refractivity (Wildman–Crippen MR) is 69.1 cm³/mol. The Balaban J connectivity index is 1.63. The molecule has 2 fully saturated rings. The summed E-state index contributed by atoms with van der Waals surface area (Å²) in [5, 5.41) is 6.98. The number of hydrogen-bond acceptors (Lipinski definition) is 3. The summed E-state index contributed by atoms with van der Waals surface area (Å²) in [5.74, 6) is 2.82. The van der Waals surface area contributed by atoms with Crippen LogP contribution in [0, 0.1) is 17.8 Å². The van der Waals surface area contributed by atoms with Gasteiger partial charge >= 0.3 is 0 Å². The Bertz CT molecular complexity index is 379. The first kappa shape index (κ1) is 10.8. The molecule has 4 heteroatoms. The summed E-state index contributed by atoms with van der Waals surface area (Å²) < 4.78 is 0. The molecule has 1 aromatic heterocycles. The molecule has 2 saturated carbocycles. The van der Waals surface area contributed by atoms with Gasteiger partial charge in [-0.25, -0.2) is 4.98 Å². The minimum absolute atomic E-state index is 0.539. The second-order valence-corrected chi connectivity index (χ2v) is 6.49. The molecule has 0 aliphatic heterocycles. The molecule has 4 unspecified atom stereocenters. The average molecular weight is 257 g/mol. The Labute approximate surface area is 105 Å². The highest BCUT2D eigenvalue weighted by molar-refractivity contribution is 7.14. The molecule has 2 aliphatic rings. The minimum atomic E-state index is 0.539. The van der Waals surface area contributed by atoms with Crippen molar-refractivity contribution in [2.75, 3.05) is 5.32 Å². The molecule has 0 radical (unpaired) electrons. The first-order valence-electron chi connectivity index (χ1n) is 6.10. The lowest BCUT2D eigenvalue weighted by Gasteiger charge is -2.28. The molecule has 4 atom stereocenters. The first-order chi connectivity index (χ1) is 7.72. The van der Waals surface area contributed by atoms with E-state index in [1.165, 1.54) is 25.7 Å². The zero-order valence-electron chi connectivity index (χ0n) is 9.45. The second-order valence-electron chi connectivity index (χ2n) is 5.25. The number of anilines is 1. The molecule has 1 aromatic rings. The molecule has 3 rings (SSSR count). The maximum atomic E-state index is 5.83. The van der Waals surface area contributed by atoms with Gasteiger partial charge < -0.3 is 5.32 Å². The van der Waals surface area contributed by atoms with Gasteiger partial charge in [0.1, 0.15) is 5.15 Å². The molecule has 0 aromatic carbocycles. The summed E-state index contributed by atoms with van der Waals surface area (Å²) >= 11 is 7.43. The van der Waals surface area contributed by atoms with E-state index >= 15 is 0 Å². The number of hydrogen-bond donors (Lipinski definition) is 1. The van der Waals surface area contributed by atoms with Crippen molar-refractivity contribution in [3.05, 3.63) is 10.5 Å². The quantitative estimate of drug-likeness (QED) is 0.883. The first-order valence-corrected chi connectivity index (χ1v) is 7.35. The largest absolute Gasteiger partial charge is 0.359 e. The van der Waals surface area contributed by atoms with E-state index in [-0.39, 0.29) is 0 Å². The van der Waals surface area contributed by atoms with E-state index in [0.717, 1.165) is 22.9 Å². The molecule has 1 N–H and O–H groups in total. The zero-order valence-corrected chi connectivity index (χ0v) is 11.0. The van der Waals surface area contributed by atoms with Gasteiger partial charge in [0, 0.05) is 11.4 Å². The smallest absolute Gasteiger partial charge is 0.184 e. The van der Waals surface area contributed by atoms with Gasteiger partial charge in [-0.3, -0.25) is 0 Å². The van der Waals surface area contributed by atoms with Gasteiger partial charge in [0.25, 0.3) is 0 Å². The highest BCUT2D eigenvalue weighted by Crippen LogP contribution is 2.49. The van der Waals surface area contributed by atoms with Crippen LogP contribution >= 0.6 is 22.9 Å². The molecule has 2 aliphatic carbocycles. The fourth-order valence-electron chi connectivity index (χ4n) is 3.53. The van der Waals surface area contributed by atoms with Gasteiger partial charge in [0.2, 0.25) is 0 Å². The normalized spacial score (nSPS) is 34.2. The van der Waals surface area contributed by atoms with Crippen molar-refractivity contribution >= 4 is 28.1 Å². The monoisotopic (exact) mass is 256 g/mol. The van der Waals surface area contributed by atoms with Crippen LogP contribution in [0.15, 0.2) is 5.38 Å². The lowest BCUT2D eigenvalue weighted by molar-refractivity contribution is 0.304. The summed E-state index contributed by atoms with van der Waals surface area (Å²) in [4.78, 5) is 4.26. The van der Waals surface area contributed by atoms with Crippen molar-refractivity contribution in [2.24, 2.45) is 17.8 Å². The zero-order chi connectivity index (χ0) is 11.1. The number of nitrogens with one attached hydrogen (secondary N) is 1. The highest BCUT2D eigenvalue weighted by atomic mass is 35.5. The minimum Gasteiger partial charge on any atom is -0.359 e. The number of rotatable bonds is 3. The Morgan fingerprint density at radius 2 is 2.38 bits per heavy atom. The SMILES string of the molecule is CC(Nc1nc(Cl)cs1)C1CC2CCC1C2. The van der Waals surface area contributed by atoms with E-state index in [0.29, 0.717) is 11.2 Å². The molecular formula is C12H17ClN2S. The number of nitrogens with zero attached hydrogens (tertiary/aromatic N) is 1. The third-order valence-electron chi connectivity index (χ3n) is 4.26. The Morgan fingerprint density at radius 1 is 1.50 bits per heavy atom. The van der Waals surface area contributed by atoms with Crippen LogP contribution < -0.4 is 5.32 Å². The van der Waals surface area contributed by atoms with Gasteiger partial charge in [-0.15, -0.1) is 11.3 Å². The molecule has 2 nitrogen and oxygen atoms in total. The highest BCUT2D eigenvalue weighted by Gasteiger charge is 2.41. The summed E-state index contributed by atoms with van der Waals surface area (Å²) in [6.45, 7) is 2.29. The van der Waals surface area contributed by atoms with Crippen molar-refractivity contribution in [1.29, 1.82) is 0 Å². The lowest BCUT2D eigenvalue weighted by atomic mass is 9.84. The number of halogens is 1. The molecule has 0 spiro atoms. The maximum absolute atomic E-state index is 5.83. The fourth-order valence-corrected chi connectivity index (χ4v) is 4.46. The van der Waals surface area contributed by atoms with Gasteiger partial charge in [0.05, 0.1) is 0 Å². The third-order valence-corrected chi connectivity index (χ3v) is 5.36. The van der Waals surface area contributed by atoms with Gasteiger partial charge in [-0.2, -0.15) is 0 Å². The summed E-state index contributed by atoms with van der Waals surface area (Å²) in [7, 11) is 0. The average Bonchev–Trinajstić information content (AvgIpc) is 2.93. The Hall–Kier alpha value is -0.280. The van der Waals surface area contributed by atoms with Crippen LogP contribution in [0.3, 0.4) is 0 Å². The summed E-state index contributed by atoms with van der Waals surface area (Å²) in [5.41, 5.74) is 0. The molecule has 0 saturated heterocycles. The number of aromatic nitrogens is 1. The number of thiazole rings is 1. The second kappa shape index (κ2) is 4.19. The molecule has 88 valence electrons. The van der Waals surface area contributed by atoms with Crippen LogP contribution in [0.4, 0.5) is 5.13 Å². The standard InChI is InChI=1S/C12H17ClN2S/c1-7(14-12-15-11(13)6-16-12)10-5-8-2-3-9(10)4-8/h6-10H,2-5H2,1H3,(H,14,15). The van der Waals surface area contributed by atoms with Crippen molar-refractivity contribution in [3.8, 4) is 0 Å². The van der Waals surface area contributed by atoms with Crippen LogP contribution in [0.25, 0.3) is 0 Å². The summed E-state index contributed by atoms with van der Waals surface area (Å²) in [6.07, 6.45) is 5.80. The Kier molecular flexibility index (Phi) is 2.84. The molecule has 0 amide bonds. The van der Waals surface area contributed by atoms with E-state index in [4.69, 9.17) is 11.6 Å². The topological polar surface area (TPSA) is 24.9 Å². The predicted octanol–water partition coefficient (Wildman–Crippen LogP) is 4.03. The third kappa shape index (κ3) is 1.95. The van der Waals surface area contributed by atoms with Crippen molar-refractivity contribution < 1.29 is 0 Å². The van der Waals surface area contributed by atoms with Crippen molar-refractivity contribution in [2.45, 2.75) is 38.6 Å². The van der Waals surface area contributed by atoms with Gasteiger partial charge in [0.15, 0.2) is 5.13 Å². The number of fused-ring (bicyclic) bond motifs is 2. The molecule has 1 heterocycles. The molecule has 16 heavy (non-hydrogen) atoms. The van der Waals surface area contributed by atoms with E-state index in [2.05, 4.69) is 17.2 Å². The lowest BCUT2D eigenvalue weighted by Crippen LogP contribution is -2.29. The van der Waals surface area contributed by atoms with E-state index in [1.807, 2.05) is 5.38 Å². The van der Waals surface area contributed by atoms with Crippen LogP contribution in [0.2, 0.25) is 5.15 Å². The Morgan fingerprint density at radius 3 is 2.94 bits per heavy atom. The van der Waals surface area contributed by atoms with Crippen LogP contribution in [-0.2, 0) is 0 Å². The molecular weight excluding hydrogens is 240 g/mol.